The predicted molar refractivity (Wildman–Crippen MR) is 88.3 cm³/mol. The molecule has 2 N–H and O–H groups in total. The fourth-order valence-corrected chi connectivity index (χ4v) is 5.12. The van der Waals surface area contributed by atoms with Crippen molar-refractivity contribution in [2.75, 3.05) is 0 Å². The fourth-order valence-electron chi connectivity index (χ4n) is 5.12. The van der Waals surface area contributed by atoms with Crippen LogP contribution in [-0.2, 0) is 4.74 Å². The highest BCUT2D eigenvalue weighted by Gasteiger charge is 2.44. The Balaban J connectivity index is 1.45. The monoisotopic (exact) mass is 293 g/mol. The van der Waals surface area contributed by atoms with Crippen molar-refractivity contribution in [1.29, 1.82) is 0 Å². The standard InChI is InChI=1S/C19H35NO/c1-2-3-6-16-7-12-18(20,13-8-16)15-17-9-14-19(21-17)10-4-5-11-19/h16-17H,2-15,20H2,1H3. The Labute approximate surface area is 131 Å². The van der Waals surface area contributed by atoms with E-state index in [0.29, 0.717) is 6.10 Å². The number of hydrogen-bond donors (Lipinski definition) is 1. The van der Waals surface area contributed by atoms with Crippen LogP contribution in [0.2, 0.25) is 0 Å². The van der Waals surface area contributed by atoms with Gasteiger partial charge in [0.1, 0.15) is 0 Å². The van der Waals surface area contributed by atoms with Crippen molar-refractivity contribution < 1.29 is 4.74 Å². The lowest BCUT2D eigenvalue weighted by Crippen LogP contribution is -2.46. The highest BCUT2D eigenvalue weighted by molar-refractivity contribution is 4.98. The maximum atomic E-state index is 6.74. The van der Waals surface area contributed by atoms with E-state index in [0.717, 1.165) is 12.3 Å². The van der Waals surface area contributed by atoms with Crippen LogP contribution in [0.5, 0.6) is 0 Å². The van der Waals surface area contributed by atoms with E-state index in [-0.39, 0.29) is 11.1 Å². The van der Waals surface area contributed by atoms with Gasteiger partial charge in [-0.3, -0.25) is 0 Å². The molecule has 0 amide bonds. The molecule has 1 unspecified atom stereocenters. The van der Waals surface area contributed by atoms with Gasteiger partial charge in [0.2, 0.25) is 0 Å². The number of hydrogen-bond acceptors (Lipinski definition) is 2. The summed E-state index contributed by atoms with van der Waals surface area (Å²) in [6, 6.07) is 0. The molecule has 2 nitrogen and oxygen atoms in total. The minimum absolute atomic E-state index is 0.0809. The van der Waals surface area contributed by atoms with Crippen LogP contribution in [0, 0.1) is 5.92 Å². The summed E-state index contributed by atoms with van der Waals surface area (Å²) in [7, 11) is 0. The van der Waals surface area contributed by atoms with Gasteiger partial charge in [0, 0.05) is 5.54 Å². The Bertz CT molecular complexity index is 326. The van der Waals surface area contributed by atoms with Crippen molar-refractivity contribution >= 4 is 0 Å². The van der Waals surface area contributed by atoms with Crippen LogP contribution < -0.4 is 5.73 Å². The predicted octanol–water partition coefficient (Wildman–Crippen LogP) is 4.95. The Morgan fingerprint density at radius 1 is 1.00 bits per heavy atom. The van der Waals surface area contributed by atoms with Crippen molar-refractivity contribution in [3.8, 4) is 0 Å². The molecule has 1 heterocycles. The van der Waals surface area contributed by atoms with Gasteiger partial charge in [0.25, 0.3) is 0 Å². The second-order valence-electron chi connectivity index (χ2n) is 8.32. The van der Waals surface area contributed by atoms with Gasteiger partial charge in [-0.2, -0.15) is 0 Å². The third-order valence-corrected chi connectivity index (χ3v) is 6.55. The van der Waals surface area contributed by atoms with Crippen LogP contribution in [0.1, 0.15) is 96.8 Å². The van der Waals surface area contributed by atoms with Crippen LogP contribution >= 0.6 is 0 Å². The average Bonchev–Trinajstić information content (AvgIpc) is 3.09. The quantitative estimate of drug-likeness (QED) is 0.778. The summed E-state index contributed by atoms with van der Waals surface area (Å²) < 4.78 is 6.49. The normalized spacial score (nSPS) is 39.1. The van der Waals surface area contributed by atoms with Gasteiger partial charge in [-0.15, -0.1) is 0 Å². The molecule has 3 rings (SSSR count). The van der Waals surface area contributed by atoms with E-state index in [4.69, 9.17) is 10.5 Å². The second-order valence-corrected chi connectivity index (χ2v) is 8.32. The molecule has 2 heteroatoms. The molecule has 0 aromatic carbocycles. The third-order valence-electron chi connectivity index (χ3n) is 6.55. The lowest BCUT2D eigenvalue weighted by molar-refractivity contribution is -0.0490. The van der Waals surface area contributed by atoms with Gasteiger partial charge in [-0.25, -0.2) is 0 Å². The van der Waals surface area contributed by atoms with Crippen molar-refractivity contribution in [2.45, 2.75) is 114 Å². The largest absolute Gasteiger partial charge is 0.372 e. The van der Waals surface area contributed by atoms with E-state index in [2.05, 4.69) is 6.92 Å². The van der Waals surface area contributed by atoms with Crippen molar-refractivity contribution in [1.82, 2.24) is 0 Å². The number of unbranched alkanes of at least 4 members (excludes halogenated alkanes) is 1. The Morgan fingerprint density at radius 3 is 2.38 bits per heavy atom. The highest BCUT2D eigenvalue weighted by Crippen LogP contribution is 2.46. The molecule has 1 spiro atoms. The smallest absolute Gasteiger partial charge is 0.0687 e. The molecule has 122 valence electrons. The molecular weight excluding hydrogens is 258 g/mol. The van der Waals surface area contributed by atoms with Gasteiger partial charge < -0.3 is 10.5 Å². The van der Waals surface area contributed by atoms with E-state index >= 15 is 0 Å². The Morgan fingerprint density at radius 2 is 1.71 bits per heavy atom. The zero-order valence-electron chi connectivity index (χ0n) is 14.0. The summed E-state index contributed by atoms with van der Waals surface area (Å²) >= 11 is 0. The van der Waals surface area contributed by atoms with Crippen molar-refractivity contribution in [3.63, 3.8) is 0 Å². The van der Waals surface area contributed by atoms with Gasteiger partial charge >= 0.3 is 0 Å². The third kappa shape index (κ3) is 3.82. The maximum Gasteiger partial charge on any atom is 0.0687 e. The molecule has 0 aromatic heterocycles. The zero-order valence-corrected chi connectivity index (χ0v) is 14.0. The second kappa shape index (κ2) is 6.58. The lowest BCUT2D eigenvalue weighted by Gasteiger charge is -2.39. The van der Waals surface area contributed by atoms with Crippen LogP contribution in [0.15, 0.2) is 0 Å². The van der Waals surface area contributed by atoms with Crippen LogP contribution in [0.4, 0.5) is 0 Å². The molecule has 0 aromatic rings. The molecule has 1 atom stereocenters. The van der Waals surface area contributed by atoms with Gasteiger partial charge in [-0.1, -0.05) is 39.0 Å². The molecule has 1 saturated heterocycles. The number of ether oxygens (including phenoxy) is 1. The number of nitrogens with two attached hydrogens (primary N) is 1. The molecule has 0 bridgehead atoms. The zero-order chi connectivity index (χ0) is 14.8. The first-order valence-electron chi connectivity index (χ1n) is 9.60. The molecule has 1 aliphatic heterocycles. The average molecular weight is 293 g/mol. The van der Waals surface area contributed by atoms with Gasteiger partial charge in [-0.05, 0) is 63.7 Å². The number of rotatable bonds is 5. The molecule has 0 radical (unpaired) electrons. The van der Waals surface area contributed by atoms with Crippen molar-refractivity contribution in [3.05, 3.63) is 0 Å². The minimum Gasteiger partial charge on any atom is -0.372 e. The van der Waals surface area contributed by atoms with Gasteiger partial charge in [0.05, 0.1) is 11.7 Å². The maximum absolute atomic E-state index is 6.74. The van der Waals surface area contributed by atoms with Crippen LogP contribution in [-0.4, -0.2) is 17.2 Å². The summed E-state index contributed by atoms with van der Waals surface area (Å²) in [5, 5.41) is 0. The van der Waals surface area contributed by atoms with E-state index in [1.165, 1.54) is 83.5 Å². The molecule has 3 fully saturated rings. The molecule has 2 saturated carbocycles. The molecule has 3 aliphatic rings. The van der Waals surface area contributed by atoms with E-state index < -0.39 is 0 Å². The Hall–Kier alpha value is -0.0800. The molecular formula is C19H35NO. The summed E-state index contributed by atoms with van der Waals surface area (Å²) in [5.41, 5.74) is 7.09. The van der Waals surface area contributed by atoms with Crippen molar-refractivity contribution in [2.24, 2.45) is 11.7 Å². The first kappa shape index (κ1) is 15.8. The first-order chi connectivity index (χ1) is 10.1. The van der Waals surface area contributed by atoms with Crippen LogP contribution in [0.3, 0.4) is 0 Å². The van der Waals surface area contributed by atoms with E-state index in [1.807, 2.05) is 0 Å². The summed E-state index contributed by atoms with van der Waals surface area (Å²) in [5.74, 6) is 0.951. The topological polar surface area (TPSA) is 35.2 Å². The lowest BCUT2D eigenvalue weighted by atomic mass is 9.73. The van der Waals surface area contributed by atoms with Gasteiger partial charge in [0.15, 0.2) is 0 Å². The summed E-state index contributed by atoms with van der Waals surface area (Å²) in [6.07, 6.45) is 18.8. The fraction of sp³-hybridized carbons (Fsp3) is 1.00. The van der Waals surface area contributed by atoms with E-state index in [1.54, 1.807) is 0 Å². The molecule has 21 heavy (non-hydrogen) atoms. The van der Waals surface area contributed by atoms with Crippen LogP contribution in [0.25, 0.3) is 0 Å². The minimum atomic E-state index is 0.0809. The van der Waals surface area contributed by atoms with E-state index in [9.17, 15) is 0 Å². The first-order valence-corrected chi connectivity index (χ1v) is 9.60. The summed E-state index contributed by atoms with van der Waals surface area (Å²) in [6.45, 7) is 2.30. The highest BCUT2D eigenvalue weighted by atomic mass is 16.5. The summed E-state index contributed by atoms with van der Waals surface area (Å²) in [4.78, 5) is 0. The Kier molecular flexibility index (Phi) is 4.95. The molecule has 2 aliphatic carbocycles. The SMILES string of the molecule is CCCCC1CCC(N)(CC2CCC3(CCCC3)O2)CC1.